The zero-order valence-corrected chi connectivity index (χ0v) is 9.63. The molecule has 1 aromatic carbocycles. The van der Waals surface area contributed by atoms with Crippen LogP contribution in [0.2, 0.25) is 0 Å². The van der Waals surface area contributed by atoms with Crippen LogP contribution in [0.4, 0.5) is 0 Å². The second-order valence-corrected chi connectivity index (χ2v) is 4.81. The van der Waals surface area contributed by atoms with E-state index in [4.69, 9.17) is 4.74 Å². The van der Waals surface area contributed by atoms with Crippen molar-refractivity contribution in [2.24, 2.45) is 5.41 Å². The zero-order chi connectivity index (χ0) is 10.6. The topological polar surface area (TPSA) is 9.23 Å². The van der Waals surface area contributed by atoms with Crippen LogP contribution in [0.3, 0.4) is 0 Å². The lowest BCUT2D eigenvalue weighted by atomic mass is 9.88. The molecule has 0 saturated carbocycles. The number of rotatable bonds is 3. The number of ether oxygens (including phenoxy) is 1. The van der Waals surface area contributed by atoms with Crippen LogP contribution in [-0.4, -0.2) is 6.61 Å². The average molecular weight is 192 g/mol. The summed E-state index contributed by atoms with van der Waals surface area (Å²) in [6.07, 6.45) is 1.11. The van der Waals surface area contributed by atoms with Gasteiger partial charge in [0.05, 0.1) is 6.61 Å². The standard InChI is InChI=1S/C13H20O/c1-5-14-12-8-6-11(7-9-12)10-13(2,3)4/h6-9H,5,10H2,1-4H3. The van der Waals surface area contributed by atoms with Gasteiger partial charge in [-0.25, -0.2) is 0 Å². The highest BCUT2D eigenvalue weighted by Crippen LogP contribution is 2.22. The van der Waals surface area contributed by atoms with Crippen LogP contribution in [0, 0.1) is 5.41 Å². The molecule has 0 amide bonds. The van der Waals surface area contributed by atoms with E-state index in [0.29, 0.717) is 5.41 Å². The summed E-state index contributed by atoms with van der Waals surface area (Å²) in [5, 5.41) is 0. The van der Waals surface area contributed by atoms with Gasteiger partial charge in [0.25, 0.3) is 0 Å². The fourth-order valence-electron chi connectivity index (χ4n) is 1.48. The Morgan fingerprint density at radius 3 is 2.07 bits per heavy atom. The van der Waals surface area contributed by atoms with Crippen LogP contribution >= 0.6 is 0 Å². The fourth-order valence-corrected chi connectivity index (χ4v) is 1.48. The summed E-state index contributed by atoms with van der Waals surface area (Å²) >= 11 is 0. The van der Waals surface area contributed by atoms with Gasteiger partial charge in [-0.3, -0.25) is 0 Å². The molecule has 0 fully saturated rings. The molecule has 0 spiro atoms. The van der Waals surface area contributed by atoms with E-state index in [9.17, 15) is 0 Å². The van der Waals surface area contributed by atoms with Crippen LogP contribution in [0.1, 0.15) is 33.3 Å². The van der Waals surface area contributed by atoms with Gasteiger partial charge < -0.3 is 4.74 Å². The van der Waals surface area contributed by atoms with Gasteiger partial charge in [-0.1, -0.05) is 32.9 Å². The second-order valence-electron chi connectivity index (χ2n) is 4.81. The summed E-state index contributed by atoms with van der Waals surface area (Å²) in [5.74, 6) is 0.963. The average Bonchev–Trinajstić information content (AvgIpc) is 2.06. The highest BCUT2D eigenvalue weighted by Gasteiger charge is 2.10. The lowest BCUT2D eigenvalue weighted by Gasteiger charge is -2.18. The maximum atomic E-state index is 5.39. The third kappa shape index (κ3) is 3.82. The number of hydrogen-bond acceptors (Lipinski definition) is 1. The van der Waals surface area contributed by atoms with Crippen LogP contribution in [0.15, 0.2) is 24.3 Å². The first-order valence-corrected chi connectivity index (χ1v) is 5.23. The molecule has 78 valence electrons. The zero-order valence-electron chi connectivity index (χ0n) is 9.63. The summed E-state index contributed by atoms with van der Waals surface area (Å²) in [4.78, 5) is 0. The smallest absolute Gasteiger partial charge is 0.119 e. The molecule has 0 radical (unpaired) electrons. The van der Waals surface area contributed by atoms with Crippen molar-refractivity contribution in [1.82, 2.24) is 0 Å². The monoisotopic (exact) mass is 192 g/mol. The highest BCUT2D eigenvalue weighted by molar-refractivity contribution is 5.27. The first kappa shape index (κ1) is 11.1. The van der Waals surface area contributed by atoms with Crippen LogP contribution < -0.4 is 4.74 Å². The van der Waals surface area contributed by atoms with Crippen LogP contribution in [0.25, 0.3) is 0 Å². The molecule has 0 atom stereocenters. The maximum Gasteiger partial charge on any atom is 0.119 e. The summed E-state index contributed by atoms with van der Waals surface area (Å²) in [6.45, 7) is 9.50. The van der Waals surface area contributed by atoms with E-state index in [0.717, 1.165) is 18.8 Å². The Morgan fingerprint density at radius 1 is 1.07 bits per heavy atom. The van der Waals surface area contributed by atoms with E-state index in [1.54, 1.807) is 0 Å². The van der Waals surface area contributed by atoms with Gasteiger partial charge in [0.1, 0.15) is 5.75 Å². The summed E-state index contributed by atoms with van der Waals surface area (Å²) in [6, 6.07) is 8.39. The number of hydrogen-bond donors (Lipinski definition) is 0. The molecule has 1 heteroatoms. The highest BCUT2D eigenvalue weighted by atomic mass is 16.5. The van der Waals surface area contributed by atoms with Crippen molar-refractivity contribution >= 4 is 0 Å². The van der Waals surface area contributed by atoms with Gasteiger partial charge in [-0.05, 0) is 36.5 Å². The van der Waals surface area contributed by atoms with Gasteiger partial charge in [-0.15, -0.1) is 0 Å². The first-order valence-electron chi connectivity index (χ1n) is 5.23. The first-order chi connectivity index (χ1) is 6.51. The SMILES string of the molecule is CCOc1ccc(CC(C)(C)C)cc1. The van der Waals surface area contributed by atoms with Gasteiger partial charge >= 0.3 is 0 Å². The van der Waals surface area contributed by atoms with Crippen molar-refractivity contribution in [3.8, 4) is 5.75 Å². The van der Waals surface area contributed by atoms with Gasteiger partial charge in [0.15, 0.2) is 0 Å². The molecule has 0 aliphatic rings. The molecule has 0 aliphatic heterocycles. The van der Waals surface area contributed by atoms with Crippen molar-refractivity contribution in [3.63, 3.8) is 0 Å². The Hall–Kier alpha value is -0.980. The molecule has 0 aromatic heterocycles. The molecule has 1 nitrogen and oxygen atoms in total. The van der Waals surface area contributed by atoms with Gasteiger partial charge in [0, 0.05) is 0 Å². The fraction of sp³-hybridized carbons (Fsp3) is 0.538. The molecule has 0 saturated heterocycles. The Morgan fingerprint density at radius 2 is 1.64 bits per heavy atom. The molecular formula is C13H20O. The maximum absolute atomic E-state index is 5.39. The molecule has 0 aliphatic carbocycles. The largest absolute Gasteiger partial charge is 0.494 e. The van der Waals surface area contributed by atoms with Gasteiger partial charge in [0.2, 0.25) is 0 Å². The van der Waals surface area contributed by atoms with E-state index in [2.05, 4.69) is 32.9 Å². The predicted octanol–water partition coefficient (Wildman–Crippen LogP) is 3.67. The summed E-state index contributed by atoms with van der Waals surface area (Å²) < 4.78 is 5.39. The minimum Gasteiger partial charge on any atom is -0.494 e. The van der Waals surface area contributed by atoms with Crippen molar-refractivity contribution in [1.29, 1.82) is 0 Å². The Bertz CT molecular complexity index is 266. The third-order valence-electron chi connectivity index (χ3n) is 1.97. The quantitative estimate of drug-likeness (QED) is 0.710. The minimum atomic E-state index is 0.354. The molecule has 0 bridgehead atoms. The minimum absolute atomic E-state index is 0.354. The molecule has 1 rings (SSSR count). The third-order valence-corrected chi connectivity index (χ3v) is 1.97. The van der Waals surface area contributed by atoms with Crippen molar-refractivity contribution in [3.05, 3.63) is 29.8 Å². The van der Waals surface area contributed by atoms with Crippen LogP contribution in [0.5, 0.6) is 5.75 Å². The molecule has 14 heavy (non-hydrogen) atoms. The Balaban J connectivity index is 2.64. The Kier molecular flexibility index (Phi) is 3.56. The number of benzene rings is 1. The summed E-state index contributed by atoms with van der Waals surface area (Å²) in [5.41, 5.74) is 1.73. The van der Waals surface area contributed by atoms with E-state index >= 15 is 0 Å². The molecule has 0 heterocycles. The van der Waals surface area contributed by atoms with Gasteiger partial charge in [-0.2, -0.15) is 0 Å². The van der Waals surface area contributed by atoms with E-state index in [1.165, 1.54) is 5.56 Å². The normalized spacial score (nSPS) is 11.4. The van der Waals surface area contributed by atoms with E-state index in [-0.39, 0.29) is 0 Å². The predicted molar refractivity (Wildman–Crippen MR) is 60.8 cm³/mol. The summed E-state index contributed by atoms with van der Waals surface area (Å²) in [7, 11) is 0. The molecule has 1 aromatic rings. The second kappa shape index (κ2) is 4.50. The lowest BCUT2D eigenvalue weighted by molar-refractivity contribution is 0.340. The van der Waals surface area contributed by atoms with Crippen molar-refractivity contribution in [2.45, 2.75) is 34.1 Å². The van der Waals surface area contributed by atoms with E-state index in [1.807, 2.05) is 19.1 Å². The van der Waals surface area contributed by atoms with Crippen LogP contribution in [-0.2, 0) is 6.42 Å². The van der Waals surface area contributed by atoms with Crippen molar-refractivity contribution < 1.29 is 4.74 Å². The van der Waals surface area contributed by atoms with E-state index < -0.39 is 0 Å². The van der Waals surface area contributed by atoms with Crippen molar-refractivity contribution in [2.75, 3.05) is 6.61 Å². The molecular weight excluding hydrogens is 172 g/mol. The Labute approximate surface area is 87.1 Å². The molecule has 0 unspecified atom stereocenters. The molecule has 0 N–H and O–H groups in total. The lowest BCUT2D eigenvalue weighted by Crippen LogP contribution is -2.08.